The molecule has 1 aromatic heterocycles. The monoisotopic (exact) mass is 546 g/mol. The highest BCUT2D eigenvalue weighted by Gasteiger charge is 2.35. The quantitative estimate of drug-likeness (QED) is 0.168. The van der Waals surface area contributed by atoms with Crippen LogP contribution in [0.5, 0.6) is 5.75 Å². The molecule has 10 heteroatoms. The van der Waals surface area contributed by atoms with Crippen molar-refractivity contribution in [2.45, 2.75) is 51.4 Å². The first-order chi connectivity index (χ1) is 17.4. The number of unbranched alkanes of at least 4 members (excludes halogenated alkanes) is 1. The van der Waals surface area contributed by atoms with Gasteiger partial charge in [-0.3, -0.25) is 0 Å². The molecule has 2 heterocycles. The van der Waals surface area contributed by atoms with Crippen molar-refractivity contribution in [3.63, 3.8) is 0 Å². The van der Waals surface area contributed by atoms with E-state index in [1.54, 1.807) is 28.6 Å². The third-order valence-corrected chi connectivity index (χ3v) is 6.95. The van der Waals surface area contributed by atoms with E-state index in [-0.39, 0.29) is 12.6 Å². The molecular formula is C26H28Cl2N4O3S. The molecule has 1 unspecified atom stereocenters. The van der Waals surface area contributed by atoms with Gasteiger partial charge in [0.25, 0.3) is 0 Å². The maximum absolute atomic E-state index is 13.2. The average molecular weight is 548 g/mol. The number of halogens is 2. The van der Waals surface area contributed by atoms with Crippen molar-refractivity contribution in [3.05, 3.63) is 74.9 Å². The maximum atomic E-state index is 13.2. The number of carbonyl (C=O) groups is 1. The van der Waals surface area contributed by atoms with Gasteiger partial charge in [-0.1, -0.05) is 73.4 Å². The smallest absolute Gasteiger partial charge is 0.338 e. The summed E-state index contributed by atoms with van der Waals surface area (Å²) in [7, 11) is 0. The number of ether oxygens (including phenoxy) is 2. The molecule has 190 valence electrons. The highest BCUT2D eigenvalue weighted by Crippen LogP contribution is 2.38. The summed E-state index contributed by atoms with van der Waals surface area (Å²) in [5.74, 6) is 1.68. The first-order valence-electron chi connectivity index (χ1n) is 11.8. The van der Waals surface area contributed by atoms with Gasteiger partial charge < -0.3 is 14.8 Å². The highest BCUT2D eigenvalue weighted by molar-refractivity contribution is 7.99. The molecule has 0 saturated carbocycles. The van der Waals surface area contributed by atoms with Crippen molar-refractivity contribution in [1.82, 2.24) is 14.8 Å². The number of aromatic nitrogens is 3. The van der Waals surface area contributed by atoms with E-state index < -0.39 is 6.04 Å². The van der Waals surface area contributed by atoms with E-state index in [4.69, 9.17) is 37.8 Å². The Labute approximate surface area is 225 Å². The number of anilines is 1. The Balaban J connectivity index is 1.67. The molecule has 0 bridgehead atoms. The molecule has 0 saturated heterocycles. The molecule has 36 heavy (non-hydrogen) atoms. The van der Waals surface area contributed by atoms with Crippen LogP contribution in [0.2, 0.25) is 10.0 Å². The lowest BCUT2D eigenvalue weighted by molar-refractivity contribution is -0.139. The number of esters is 1. The number of carbonyl (C=O) groups excluding carboxylic acids is 1. The van der Waals surface area contributed by atoms with Gasteiger partial charge in [-0.25, -0.2) is 9.48 Å². The summed E-state index contributed by atoms with van der Waals surface area (Å²) in [4.78, 5) is 17.8. The van der Waals surface area contributed by atoms with Crippen LogP contribution in [0, 0.1) is 0 Å². The van der Waals surface area contributed by atoms with E-state index in [9.17, 15) is 4.79 Å². The second kappa shape index (κ2) is 12.0. The van der Waals surface area contributed by atoms with Gasteiger partial charge in [0, 0.05) is 21.3 Å². The van der Waals surface area contributed by atoms with Crippen molar-refractivity contribution in [2.75, 3.05) is 17.7 Å². The van der Waals surface area contributed by atoms with E-state index in [0.29, 0.717) is 44.8 Å². The van der Waals surface area contributed by atoms with Gasteiger partial charge in [0.1, 0.15) is 18.4 Å². The fourth-order valence-electron chi connectivity index (χ4n) is 3.86. The first-order valence-corrected chi connectivity index (χ1v) is 13.6. The van der Waals surface area contributed by atoms with Crippen molar-refractivity contribution in [2.24, 2.45) is 0 Å². The Morgan fingerprint density at radius 2 is 2.03 bits per heavy atom. The highest BCUT2D eigenvalue weighted by atomic mass is 35.5. The van der Waals surface area contributed by atoms with Gasteiger partial charge >= 0.3 is 5.97 Å². The molecule has 0 fully saturated rings. The standard InChI is InChI=1S/C26H28Cl2N4O3S/c1-4-6-12-34-24(33)22-16(3)29-25-30-26(36-5-2)31-32(25)23(22)17-8-7-9-20(13-17)35-15-18-10-11-19(27)14-21(18)28/h7-11,13-14,23H,4-6,12,15H2,1-3H3,(H,29,30,31). The molecule has 0 amide bonds. The Morgan fingerprint density at radius 3 is 2.78 bits per heavy atom. The number of allylic oxidation sites excluding steroid dienone is 1. The number of hydrogen-bond donors (Lipinski definition) is 1. The largest absolute Gasteiger partial charge is 0.489 e. The number of fused-ring (bicyclic) bond motifs is 1. The van der Waals surface area contributed by atoms with Crippen LogP contribution in [-0.2, 0) is 16.1 Å². The molecular weight excluding hydrogens is 519 g/mol. The van der Waals surface area contributed by atoms with Crippen LogP contribution < -0.4 is 10.1 Å². The van der Waals surface area contributed by atoms with Crippen molar-refractivity contribution in [3.8, 4) is 5.75 Å². The second-order valence-electron chi connectivity index (χ2n) is 8.25. The predicted molar refractivity (Wildman–Crippen MR) is 144 cm³/mol. The van der Waals surface area contributed by atoms with Gasteiger partial charge in [0.15, 0.2) is 0 Å². The Hall–Kier alpha value is -2.68. The predicted octanol–water partition coefficient (Wildman–Crippen LogP) is 6.91. The number of benzene rings is 2. The van der Waals surface area contributed by atoms with E-state index >= 15 is 0 Å². The van der Waals surface area contributed by atoms with Crippen molar-refractivity contribution in [1.29, 1.82) is 0 Å². The molecule has 0 aliphatic carbocycles. The molecule has 1 atom stereocenters. The topological polar surface area (TPSA) is 78.3 Å². The summed E-state index contributed by atoms with van der Waals surface area (Å²) in [6, 6.07) is 12.4. The summed E-state index contributed by atoms with van der Waals surface area (Å²) >= 11 is 13.9. The molecule has 7 nitrogen and oxygen atoms in total. The molecule has 2 aromatic carbocycles. The number of thioether (sulfide) groups is 1. The fraction of sp³-hybridized carbons (Fsp3) is 0.346. The van der Waals surface area contributed by atoms with Crippen LogP contribution in [0.3, 0.4) is 0 Å². The molecule has 3 aromatic rings. The number of rotatable bonds is 10. The van der Waals surface area contributed by atoms with Crippen LogP contribution in [0.25, 0.3) is 0 Å². The van der Waals surface area contributed by atoms with Crippen LogP contribution in [0.1, 0.15) is 50.8 Å². The van der Waals surface area contributed by atoms with Crippen LogP contribution in [-0.4, -0.2) is 33.1 Å². The van der Waals surface area contributed by atoms with Crippen LogP contribution in [0.15, 0.2) is 58.9 Å². The van der Waals surface area contributed by atoms with Gasteiger partial charge in [0.2, 0.25) is 11.1 Å². The Kier molecular flexibility index (Phi) is 8.82. The van der Waals surface area contributed by atoms with E-state index in [2.05, 4.69) is 17.2 Å². The molecule has 0 radical (unpaired) electrons. The van der Waals surface area contributed by atoms with Crippen LogP contribution >= 0.6 is 35.0 Å². The van der Waals surface area contributed by atoms with Gasteiger partial charge in [-0.15, -0.1) is 5.10 Å². The number of hydrogen-bond acceptors (Lipinski definition) is 7. The fourth-order valence-corrected chi connectivity index (χ4v) is 4.87. The molecule has 1 N–H and O–H groups in total. The summed E-state index contributed by atoms with van der Waals surface area (Å²) in [5, 5.41) is 9.68. The van der Waals surface area contributed by atoms with Gasteiger partial charge in [-0.2, -0.15) is 4.98 Å². The third kappa shape index (κ3) is 5.99. The summed E-state index contributed by atoms with van der Waals surface area (Å²) < 4.78 is 13.4. The summed E-state index contributed by atoms with van der Waals surface area (Å²) in [5.41, 5.74) is 2.84. The Morgan fingerprint density at radius 1 is 1.19 bits per heavy atom. The van der Waals surface area contributed by atoms with Gasteiger partial charge in [0.05, 0.1) is 12.2 Å². The second-order valence-corrected chi connectivity index (χ2v) is 10.3. The summed E-state index contributed by atoms with van der Waals surface area (Å²) in [6.07, 6.45) is 1.74. The minimum Gasteiger partial charge on any atom is -0.489 e. The van der Waals surface area contributed by atoms with E-state index in [1.807, 2.05) is 44.2 Å². The van der Waals surface area contributed by atoms with Crippen LogP contribution in [0.4, 0.5) is 5.95 Å². The molecule has 4 rings (SSSR count). The summed E-state index contributed by atoms with van der Waals surface area (Å²) in [6.45, 7) is 6.60. The zero-order valence-electron chi connectivity index (χ0n) is 20.4. The Bertz CT molecular complexity index is 1280. The number of nitrogens with one attached hydrogen (secondary N) is 1. The lowest BCUT2D eigenvalue weighted by atomic mass is 9.95. The average Bonchev–Trinajstić information content (AvgIpc) is 3.25. The maximum Gasteiger partial charge on any atom is 0.338 e. The third-order valence-electron chi connectivity index (χ3n) is 5.64. The molecule has 0 spiro atoms. The van der Waals surface area contributed by atoms with Crippen molar-refractivity contribution >= 4 is 46.9 Å². The lowest BCUT2D eigenvalue weighted by Gasteiger charge is -2.28. The minimum atomic E-state index is -0.517. The normalized spacial score (nSPS) is 14.9. The minimum absolute atomic E-state index is 0.276. The van der Waals surface area contributed by atoms with E-state index in [1.165, 1.54) is 0 Å². The van der Waals surface area contributed by atoms with Crippen molar-refractivity contribution < 1.29 is 14.3 Å². The zero-order chi connectivity index (χ0) is 25.7. The SMILES string of the molecule is CCCCOC(=O)C1=C(C)Nc2nc(SCC)nn2C1c1cccc(OCc2ccc(Cl)cc2Cl)c1. The first kappa shape index (κ1) is 26.4. The lowest BCUT2D eigenvalue weighted by Crippen LogP contribution is -2.29. The molecule has 1 aliphatic heterocycles. The van der Waals surface area contributed by atoms with Gasteiger partial charge in [-0.05, 0) is 48.9 Å². The zero-order valence-corrected chi connectivity index (χ0v) is 22.7. The number of nitrogens with zero attached hydrogens (tertiary/aromatic N) is 3. The van der Waals surface area contributed by atoms with E-state index in [0.717, 1.165) is 29.7 Å². The molecule has 1 aliphatic rings.